The van der Waals surface area contributed by atoms with E-state index >= 15 is 0 Å². The second-order valence-corrected chi connectivity index (χ2v) is 5.01. The molecule has 1 aliphatic heterocycles. The van der Waals surface area contributed by atoms with Crippen LogP contribution in [0.15, 0.2) is 36.8 Å². The minimum atomic E-state index is -0.505. The summed E-state index contributed by atoms with van der Waals surface area (Å²) in [7, 11) is 0. The van der Waals surface area contributed by atoms with Crippen LogP contribution in [-0.2, 0) is 17.6 Å². The Morgan fingerprint density at radius 1 is 1.38 bits per heavy atom. The molecule has 0 saturated carbocycles. The van der Waals surface area contributed by atoms with E-state index in [4.69, 9.17) is 0 Å². The summed E-state index contributed by atoms with van der Waals surface area (Å²) in [4.78, 5) is 31.0. The molecule has 0 aliphatic carbocycles. The highest BCUT2D eigenvalue weighted by Gasteiger charge is 2.28. The fraction of sp³-hybridized carbons (Fsp3) is 0.267. The molecule has 3 N–H and O–H groups in total. The van der Waals surface area contributed by atoms with Gasteiger partial charge >= 0.3 is 0 Å². The molecule has 0 radical (unpaired) electrons. The Balaban J connectivity index is 1.58. The van der Waals surface area contributed by atoms with Gasteiger partial charge in [0, 0.05) is 36.8 Å². The lowest BCUT2D eigenvalue weighted by Crippen LogP contribution is -2.51. The molecule has 6 nitrogen and oxygen atoms in total. The fourth-order valence-electron chi connectivity index (χ4n) is 2.45. The normalized spacial score (nSPS) is 17.0. The first-order valence-electron chi connectivity index (χ1n) is 6.88. The van der Waals surface area contributed by atoms with E-state index in [1.165, 1.54) is 0 Å². The third-order valence-electron chi connectivity index (χ3n) is 3.56. The predicted octanol–water partition coefficient (Wildman–Crippen LogP) is 0.423. The van der Waals surface area contributed by atoms with Crippen molar-refractivity contribution in [2.24, 2.45) is 0 Å². The summed E-state index contributed by atoms with van der Waals surface area (Å²) in [5.41, 5.74) is 2.53. The molecule has 0 bridgehead atoms. The van der Waals surface area contributed by atoms with E-state index in [1.54, 1.807) is 18.6 Å². The first kappa shape index (κ1) is 13.4. The van der Waals surface area contributed by atoms with Gasteiger partial charge in [0.1, 0.15) is 6.04 Å². The summed E-state index contributed by atoms with van der Waals surface area (Å²) < 4.78 is 0. The second kappa shape index (κ2) is 5.78. The highest BCUT2D eigenvalue weighted by molar-refractivity contribution is 6.00. The molecule has 1 atom stereocenters. The Labute approximate surface area is 122 Å². The van der Waals surface area contributed by atoms with E-state index in [2.05, 4.69) is 20.6 Å². The van der Waals surface area contributed by atoms with E-state index in [-0.39, 0.29) is 11.8 Å². The molecule has 108 valence electrons. The number of hydrogen-bond acceptors (Lipinski definition) is 3. The van der Waals surface area contributed by atoms with E-state index < -0.39 is 6.04 Å². The van der Waals surface area contributed by atoms with Crippen LogP contribution < -0.4 is 10.6 Å². The molecule has 2 heterocycles. The van der Waals surface area contributed by atoms with Crippen LogP contribution in [0.4, 0.5) is 0 Å². The summed E-state index contributed by atoms with van der Waals surface area (Å²) in [5, 5.41) is 5.59. The largest absolute Gasteiger partial charge is 0.354 e. The first-order chi connectivity index (χ1) is 10.2. The molecule has 2 aromatic rings. The molecule has 0 saturated heterocycles. The fourth-order valence-corrected chi connectivity index (χ4v) is 2.45. The van der Waals surface area contributed by atoms with E-state index in [0.29, 0.717) is 24.9 Å². The number of nitrogens with one attached hydrogen (secondary N) is 3. The topological polar surface area (TPSA) is 86.9 Å². The average molecular weight is 284 g/mol. The third-order valence-corrected chi connectivity index (χ3v) is 3.56. The number of H-pyrrole nitrogens is 1. The number of aromatic nitrogens is 2. The average Bonchev–Trinajstić information content (AvgIpc) is 3.00. The van der Waals surface area contributed by atoms with Crippen LogP contribution in [0.25, 0.3) is 0 Å². The molecule has 0 unspecified atom stereocenters. The molecule has 3 rings (SSSR count). The Morgan fingerprint density at radius 3 is 3.05 bits per heavy atom. The number of carbonyl (C=O) groups is 2. The van der Waals surface area contributed by atoms with Crippen molar-refractivity contribution in [1.29, 1.82) is 0 Å². The predicted molar refractivity (Wildman–Crippen MR) is 76.7 cm³/mol. The third kappa shape index (κ3) is 2.94. The Morgan fingerprint density at radius 2 is 2.24 bits per heavy atom. The van der Waals surface area contributed by atoms with Crippen molar-refractivity contribution in [3.63, 3.8) is 0 Å². The van der Waals surface area contributed by atoms with Crippen LogP contribution in [0.2, 0.25) is 0 Å². The number of benzene rings is 1. The molecule has 1 aliphatic rings. The van der Waals surface area contributed by atoms with Gasteiger partial charge in [-0.05, 0) is 11.6 Å². The quantitative estimate of drug-likeness (QED) is 0.760. The standard InChI is InChI=1S/C15H16N4O2/c20-14-12-4-2-1-3-10(12)7-13(19-14)15(21)17-6-5-11-8-16-9-18-11/h1-4,8-9,13H,5-7H2,(H,16,18)(H,17,21)(H,19,20)/t13-/m0/s1. The maximum atomic E-state index is 12.1. The number of rotatable bonds is 4. The van der Waals surface area contributed by atoms with Crippen molar-refractivity contribution in [2.75, 3.05) is 6.54 Å². The van der Waals surface area contributed by atoms with Gasteiger partial charge < -0.3 is 15.6 Å². The van der Waals surface area contributed by atoms with Crippen LogP contribution in [-0.4, -0.2) is 34.4 Å². The molecule has 1 aromatic carbocycles. The lowest BCUT2D eigenvalue weighted by atomic mass is 9.95. The Hall–Kier alpha value is -2.63. The van der Waals surface area contributed by atoms with E-state index in [1.807, 2.05) is 18.2 Å². The number of nitrogens with zero attached hydrogens (tertiary/aromatic N) is 1. The zero-order valence-electron chi connectivity index (χ0n) is 11.4. The second-order valence-electron chi connectivity index (χ2n) is 5.01. The van der Waals surface area contributed by atoms with Gasteiger partial charge in [-0.2, -0.15) is 0 Å². The van der Waals surface area contributed by atoms with Crippen molar-refractivity contribution >= 4 is 11.8 Å². The van der Waals surface area contributed by atoms with Crippen molar-refractivity contribution in [3.8, 4) is 0 Å². The number of imidazole rings is 1. The highest BCUT2D eigenvalue weighted by atomic mass is 16.2. The van der Waals surface area contributed by atoms with E-state index in [0.717, 1.165) is 11.3 Å². The van der Waals surface area contributed by atoms with Gasteiger partial charge in [0.05, 0.1) is 6.33 Å². The van der Waals surface area contributed by atoms with Gasteiger partial charge in [-0.15, -0.1) is 0 Å². The summed E-state index contributed by atoms with van der Waals surface area (Å²) in [5.74, 6) is -0.345. The Bertz CT molecular complexity index is 651. The van der Waals surface area contributed by atoms with Gasteiger partial charge in [0.25, 0.3) is 5.91 Å². The summed E-state index contributed by atoms with van der Waals surface area (Å²) >= 11 is 0. The van der Waals surface area contributed by atoms with Gasteiger partial charge in [-0.1, -0.05) is 18.2 Å². The summed E-state index contributed by atoms with van der Waals surface area (Å²) in [6.07, 6.45) is 4.54. The zero-order chi connectivity index (χ0) is 14.7. The summed E-state index contributed by atoms with van der Waals surface area (Å²) in [6.45, 7) is 0.509. The molecule has 1 aromatic heterocycles. The molecule has 0 fully saturated rings. The van der Waals surface area contributed by atoms with Crippen LogP contribution in [0.3, 0.4) is 0 Å². The lowest BCUT2D eigenvalue weighted by Gasteiger charge is -2.24. The number of carbonyl (C=O) groups excluding carboxylic acids is 2. The Kier molecular flexibility index (Phi) is 3.68. The number of fused-ring (bicyclic) bond motifs is 1. The van der Waals surface area contributed by atoms with E-state index in [9.17, 15) is 9.59 Å². The van der Waals surface area contributed by atoms with Crippen LogP contribution >= 0.6 is 0 Å². The lowest BCUT2D eigenvalue weighted by molar-refractivity contribution is -0.123. The van der Waals surface area contributed by atoms with Crippen molar-refractivity contribution in [2.45, 2.75) is 18.9 Å². The highest BCUT2D eigenvalue weighted by Crippen LogP contribution is 2.16. The van der Waals surface area contributed by atoms with Crippen molar-refractivity contribution < 1.29 is 9.59 Å². The van der Waals surface area contributed by atoms with Gasteiger partial charge in [0.2, 0.25) is 5.91 Å². The molecule has 6 heteroatoms. The van der Waals surface area contributed by atoms with Crippen LogP contribution in [0.1, 0.15) is 21.6 Å². The molecule has 2 amide bonds. The smallest absolute Gasteiger partial charge is 0.252 e. The van der Waals surface area contributed by atoms with Crippen molar-refractivity contribution in [1.82, 2.24) is 20.6 Å². The van der Waals surface area contributed by atoms with Crippen LogP contribution in [0, 0.1) is 0 Å². The SMILES string of the molecule is O=C1N[C@H](C(=O)NCCc2cnc[nH]2)Cc2ccccc21. The van der Waals surface area contributed by atoms with Gasteiger partial charge in [-0.3, -0.25) is 9.59 Å². The summed E-state index contributed by atoms with van der Waals surface area (Å²) in [6, 6.07) is 6.86. The molecule has 21 heavy (non-hydrogen) atoms. The van der Waals surface area contributed by atoms with Gasteiger partial charge in [-0.25, -0.2) is 4.98 Å². The molecular weight excluding hydrogens is 268 g/mol. The minimum Gasteiger partial charge on any atom is -0.354 e. The number of amides is 2. The minimum absolute atomic E-state index is 0.155. The zero-order valence-corrected chi connectivity index (χ0v) is 11.4. The van der Waals surface area contributed by atoms with Crippen molar-refractivity contribution in [3.05, 3.63) is 53.6 Å². The molecule has 0 spiro atoms. The number of hydrogen-bond donors (Lipinski definition) is 3. The monoisotopic (exact) mass is 284 g/mol. The maximum Gasteiger partial charge on any atom is 0.252 e. The first-order valence-corrected chi connectivity index (χ1v) is 6.88. The van der Waals surface area contributed by atoms with Crippen LogP contribution in [0.5, 0.6) is 0 Å². The van der Waals surface area contributed by atoms with Gasteiger partial charge in [0.15, 0.2) is 0 Å². The maximum absolute atomic E-state index is 12.1. The number of aromatic amines is 1. The molecular formula is C15H16N4O2.